The summed E-state index contributed by atoms with van der Waals surface area (Å²) in [6.07, 6.45) is 6.47. The molecule has 2 amide bonds. The molecule has 2 aromatic rings. The first-order valence-corrected chi connectivity index (χ1v) is 16.4. The lowest BCUT2D eigenvalue weighted by molar-refractivity contribution is -0.121. The molecule has 2 aromatic carbocycles. The van der Waals surface area contributed by atoms with Crippen LogP contribution in [0.4, 0.5) is 10.5 Å². The maximum absolute atomic E-state index is 13.0. The SMILES string of the molecule is CCCCC(CC)CCC(=O)[C@H](CC(C)C)NC(=O)Nc1ccc(CS(=O)(=O)c2ccc(C(C)(C)C)cc2)cc1. The molecular formula is C33H50N2O4S. The number of hydrogen-bond acceptors (Lipinski definition) is 4. The van der Waals surface area contributed by atoms with Gasteiger partial charge in [0.05, 0.1) is 16.7 Å². The Hall–Kier alpha value is -2.67. The zero-order valence-corrected chi connectivity index (χ0v) is 26.4. The maximum Gasteiger partial charge on any atom is 0.319 e. The van der Waals surface area contributed by atoms with E-state index in [1.165, 1.54) is 6.42 Å². The van der Waals surface area contributed by atoms with Gasteiger partial charge in [0.1, 0.15) is 0 Å². The quantitative estimate of drug-likeness (QED) is 0.226. The molecule has 2 rings (SSSR count). The van der Waals surface area contributed by atoms with E-state index in [1.54, 1.807) is 36.4 Å². The predicted molar refractivity (Wildman–Crippen MR) is 165 cm³/mol. The highest BCUT2D eigenvalue weighted by atomic mass is 32.2. The zero-order chi connectivity index (χ0) is 29.9. The molecule has 40 heavy (non-hydrogen) atoms. The van der Waals surface area contributed by atoms with Gasteiger partial charge >= 0.3 is 6.03 Å². The van der Waals surface area contributed by atoms with Crippen LogP contribution in [-0.2, 0) is 25.8 Å². The Morgan fingerprint density at radius 3 is 2.05 bits per heavy atom. The average Bonchev–Trinajstić information content (AvgIpc) is 2.88. The third kappa shape index (κ3) is 11.1. The topological polar surface area (TPSA) is 92.3 Å². The van der Waals surface area contributed by atoms with Gasteiger partial charge in [0.15, 0.2) is 15.6 Å². The highest BCUT2D eigenvalue weighted by Gasteiger charge is 2.23. The minimum Gasteiger partial charge on any atom is -0.328 e. The molecule has 0 fully saturated rings. The molecule has 2 atom stereocenters. The molecule has 0 spiro atoms. The van der Waals surface area contributed by atoms with E-state index in [1.807, 2.05) is 26.0 Å². The lowest BCUT2D eigenvalue weighted by Crippen LogP contribution is -2.43. The third-order valence-corrected chi connectivity index (χ3v) is 9.10. The predicted octanol–water partition coefficient (Wildman–Crippen LogP) is 8.06. The number of amides is 2. The number of benzene rings is 2. The molecule has 2 N–H and O–H groups in total. The second kappa shape index (κ2) is 15.4. The van der Waals surface area contributed by atoms with Crippen molar-refractivity contribution in [1.82, 2.24) is 5.32 Å². The molecule has 0 aliphatic rings. The molecule has 0 radical (unpaired) electrons. The Labute approximate surface area is 242 Å². The van der Waals surface area contributed by atoms with Crippen LogP contribution in [0.15, 0.2) is 53.4 Å². The molecule has 1 unspecified atom stereocenters. The summed E-state index contributed by atoms with van der Waals surface area (Å²) < 4.78 is 25.9. The number of carbonyl (C=O) groups excluding carboxylic acids is 2. The van der Waals surface area contributed by atoms with Crippen molar-refractivity contribution in [2.24, 2.45) is 11.8 Å². The number of anilines is 1. The van der Waals surface area contributed by atoms with E-state index >= 15 is 0 Å². The van der Waals surface area contributed by atoms with Crippen LogP contribution >= 0.6 is 0 Å². The number of Topliss-reactive ketones (excluding diaryl/α,β-unsaturated/α-hetero) is 1. The Kier molecular flexibility index (Phi) is 12.9. The van der Waals surface area contributed by atoms with E-state index in [9.17, 15) is 18.0 Å². The largest absolute Gasteiger partial charge is 0.328 e. The van der Waals surface area contributed by atoms with Gasteiger partial charge in [-0.25, -0.2) is 13.2 Å². The van der Waals surface area contributed by atoms with Crippen LogP contribution in [0, 0.1) is 11.8 Å². The molecular weight excluding hydrogens is 520 g/mol. The molecule has 6 nitrogen and oxygen atoms in total. The molecule has 0 aromatic heterocycles. The summed E-state index contributed by atoms with van der Waals surface area (Å²) in [5.74, 6) is 0.760. The van der Waals surface area contributed by atoms with E-state index in [-0.39, 0.29) is 22.9 Å². The van der Waals surface area contributed by atoms with Crippen molar-refractivity contribution in [3.05, 3.63) is 59.7 Å². The maximum atomic E-state index is 13.0. The summed E-state index contributed by atoms with van der Waals surface area (Å²) in [6.45, 7) is 14.7. The van der Waals surface area contributed by atoms with E-state index in [0.29, 0.717) is 34.9 Å². The Balaban J connectivity index is 1.98. The average molecular weight is 571 g/mol. The van der Waals surface area contributed by atoms with Gasteiger partial charge in [-0.15, -0.1) is 0 Å². The van der Waals surface area contributed by atoms with Gasteiger partial charge in [-0.05, 0) is 65.5 Å². The number of nitrogens with one attached hydrogen (secondary N) is 2. The fourth-order valence-electron chi connectivity index (χ4n) is 4.78. The normalized spacial score (nSPS) is 13.6. The first-order valence-electron chi connectivity index (χ1n) is 14.8. The van der Waals surface area contributed by atoms with Gasteiger partial charge < -0.3 is 10.6 Å². The van der Waals surface area contributed by atoms with Gasteiger partial charge in [-0.2, -0.15) is 0 Å². The first-order chi connectivity index (χ1) is 18.7. The molecule has 222 valence electrons. The van der Waals surface area contributed by atoms with Crippen molar-refractivity contribution < 1.29 is 18.0 Å². The highest BCUT2D eigenvalue weighted by molar-refractivity contribution is 7.90. The molecule has 0 heterocycles. The van der Waals surface area contributed by atoms with Gasteiger partial charge in [-0.1, -0.05) is 98.4 Å². The lowest BCUT2D eigenvalue weighted by Gasteiger charge is -2.21. The Bertz CT molecular complexity index is 1180. The van der Waals surface area contributed by atoms with Crippen LogP contribution in [0.2, 0.25) is 0 Å². The van der Waals surface area contributed by atoms with Gasteiger partial charge in [0.2, 0.25) is 0 Å². The molecule has 0 aliphatic heterocycles. The number of urea groups is 1. The van der Waals surface area contributed by atoms with Crippen LogP contribution in [0.25, 0.3) is 0 Å². The van der Waals surface area contributed by atoms with Crippen molar-refractivity contribution in [2.45, 2.75) is 116 Å². The zero-order valence-electron chi connectivity index (χ0n) is 25.5. The second-order valence-corrected chi connectivity index (χ2v) is 14.4. The van der Waals surface area contributed by atoms with Gasteiger partial charge in [0.25, 0.3) is 0 Å². The summed E-state index contributed by atoms with van der Waals surface area (Å²) in [7, 11) is -3.50. The van der Waals surface area contributed by atoms with Crippen LogP contribution in [0.5, 0.6) is 0 Å². The van der Waals surface area contributed by atoms with E-state index in [4.69, 9.17) is 0 Å². The van der Waals surface area contributed by atoms with E-state index in [0.717, 1.165) is 31.2 Å². The molecule has 0 aliphatic carbocycles. The molecule has 0 saturated carbocycles. The third-order valence-electron chi connectivity index (χ3n) is 7.39. The van der Waals surface area contributed by atoms with Gasteiger partial charge in [-0.3, -0.25) is 4.79 Å². The van der Waals surface area contributed by atoms with Crippen LogP contribution < -0.4 is 10.6 Å². The standard InChI is InChI=1S/C33H50N2O4S/c1-8-10-11-25(9-2)14-21-31(36)30(22-24(3)4)35-32(37)34-28-17-12-26(13-18-28)23-40(38,39)29-19-15-27(16-20-29)33(5,6)7/h12-13,15-20,24-25,30H,8-11,14,21-23H2,1-7H3,(H2,34,35,37)/t25?,30-/m0/s1. The monoisotopic (exact) mass is 570 g/mol. The summed E-state index contributed by atoms with van der Waals surface area (Å²) in [5.41, 5.74) is 2.20. The van der Waals surface area contributed by atoms with Crippen molar-refractivity contribution in [3.63, 3.8) is 0 Å². The molecule has 7 heteroatoms. The number of unbranched alkanes of at least 4 members (excludes halogenated alkanes) is 1. The van der Waals surface area contributed by atoms with Gasteiger partial charge in [0, 0.05) is 12.1 Å². The van der Waals surface area contributed by atoms with E-state index < -0.39 is 21.9 Å². The van der Waals surface area contributed by atoms with Crippen molar-refractivity contribution in [1.29, 1.82) is 0 Å². The Morgan fingerprint density at radius 2 is 1.52 bits per heavy atom. The number of rotatable bonds is 15. The van der Waals surface area contributed by atoms with Crippen molar-refractivity contribution in [3.8, 4) is 0 Å². The summed E-state index contributed by atoms with van der Waals surface area (Å²) >= 11 is 0. The summed E-state index contributed by atoms with van der Waals surface area (Å²) in [4.78, 5) is 26.1. The Morgan fingerprint density at radius 1 is 0.900 bits per heavy atom. The minimum absolute atomic E-state index is 0.0497. The second-order valence-electron chi connectivity index (χ2n) is 12.4. The van der Waals surface area contributed by atoms with Crippen molar-refractivity contribution >= 4 is 27.3 Å². The fraction of sp³-hybridized carbons (Fsp3) is 0.576. The molecule has 0 saturated heterocycles. The molecule has 0 bridgehead atoms. The van der Waals surface area contributed by atoms with Crippen molar-refractivity contribution in [2.75, 3.05) is 5.32 Å². The lowest BCUT2D eigenvalue weighted by atomic mass is 9.87. The minimum atomic E-state index is -3.50. The van der Waals surface area contributed by atoms with E-state index in [2.05, 4.69) is 45.3 Å². The number of carbonyl (C=O) groups is 2. The number of ketones is 1. The summed E-state index contributed by atoms with van der Waals surface area (Å²) in [5, 5.41) is 5.67. The van der Waals surface area contributed by atoms with Crippen LogP contribution in [0.3, 0.4) is 0 Å². The summed E-state index contributed by atoms with van der Waals surface area (Å²) in [6, 6.07) is 12.9. The van der Waals surface area contributed by atoms with Crippen LogP contribution in [-0.4, -0.2) is 26.3 Å². The van der Waals surface area contributed by atoms with Crippen LogP contribution in [0.1, 0.15) is 105 Å². The highest BCUT2D eigenvalue weighted by Crippen LogP contribution is 2.25. The fourth-order valence-corrected chi connectivity index (χ4v) is 6.13. The first kappa shape index (κ1) is 33.5. The number of sulfone groups is 1. The smallest absolute Gasteiger partial charge is 0.319 e. The number of hydrogen-bond donors (Lipinski definition) is 2.